The second kappa shape index (κ2) is 5.33. The van der Waals surface area contributed by atoms with Crippen LogP contribution in [-0.4, -0.2) is 37.0 Å². The second-order valence-electron chi connectivity index (χ2n) is 5.96. The zero-order valence-corrected chi connectivity index (χ0v) is 11.6. The smallest absolute Gasteiger partial charge is 0.222 e. The van der Waals surface area contributed by atoms with E-state index in [1.54, 1.807) is 0 Å². The van der Waals surface area contributed by atoms with Gasteiger partial charge in [-0.05, 0) is 30.7 Å². The van der Waals surface area contributed by atoms with Crippen molar-refractivity contribution in [2.45, 2.75) is 19.8 Å². The van der Waals surface area contributed by atoms with Crippen molar-refractivity contribution in [1.29, 1.82) is 0 Å². The Balaban J connectivity index is 1.50. The minimum absolute atomic E-state index is 0.329. The quantitative estimate of drug-likeness (QED) is 0.893. The van der Waals surface area contributed by atoms with Crippen LogP contribution in [0.25, 0.3) is 0 Å². The zero-order chi connectivity index (χ0) is 13.2. The van der Waals surface area contributed by atoms with Crippen molar-refractivity contribution in [3.63, 3.8) is 0 Å². The van der Waals surface area contributed by atoms with Crippen LogP contribution in [0.2, 0.25) is 0 Å². The van der Waals surface area contributed by atoms with E-state index in [-0.39, 0.29) is 0 Å². The number of hydrogen-bond acceptors (Lipinski definition) is 2. The Hall–Kier alpha value is -1.35. The number of carbonyl (C=O) groups is 1. The van der Waals surface area contributed by atoms with E-state index in [1.165, 1.54) is 11.1 Å². The molecule has 3 rings (SSSR count). The fraction of sp³-hybridized carbons (Fsp3) is 0.562. The van der Waals surface area contributed by atoms with Gasteiger partial charge in [0.2, 0.25) is 5.91 Å². The third kappa shape index (κ3) is 2.81. The number of likely N-dealkylation sites (tertiary alicyclic amines) is 1. The summed E-state index contributed by atoms with van der Waals surface area (Å²) in [5.74, 6) is 1.72. The molecule has 2 aliphatic rings. The summed E-state index contributed by atoms with van der Waals surface area (Å²) < 4.78 is 0. The monoisotopic (exact) mass is 258 g/mol. The molecule has 0 aliphatic carbocycles. The number of fused-ring (bicyclic) bond motifs is 1. The molecule has 0 aromatic heterocycles. The van der Waals surface area contributed by atoms with E-state index in [1.807, 2.05) is 0 Å². The number of rotatable bonds is 3. The van der Waals surface area contributed by atoms with Gasteiger partial charge in [0.1, 0.15) is 0 Å². The molecule has 3 nitrogen and oxygen atoms in total. The Labute approximate surface area is 115 Å². The van der Waals surface area contributed by atoms with Crippen LogP contribution in [0.15, 0.2) is 24.3 Å². The molecule has 0 bridgehead atoms. The van der Waals surface area contributed by atoms with Crippen LogP contribution in [0.4, 0.5) is 0 Å². The predicted molar refractivity (Wildman–Crippen MR) is 75.9 cm³/mol. The van der Waals surface area contributed by atoms with Gasteiger partial charge >= 0.3 is 0 Å². The van der Waals surface area contributed by atoms with Gasteiger partial charge in [0.15, 0.2) is 0 Å². The van der Waals surface area contributed by atoms with E-state index in [4.69, 9.17) is 0 Å². The fourth-order valence-corrected chi connectivity index (χ4v) is 3.22. The Morgan fingerprint density at radius 1 is 1.21 bits per heavy atom. The van der Waals surface area contributed by atoms with Crippen molar-refractivity contribution in [3.05, 3.63) is 35.4 Å². The number of benzene rings is 1. The Kier molecular flexibility index (Phi) is 3.56. The van der Waals surface area contributed by atoms with Gasteiger partial charge in [0.05, 0.1) is 0 Å². The molecular formula is C16H22N2O. The average molecular weight is 258 g/mol. The molecule has 2 unspecified atom stereocenters. The molecular weight excluding hydrogens is 236 g/mol. The summed E-state index contributed by atoms with van der Waals surface area (Å²) in [6.45, 7) is 6.19. The van der Waals surface area contributed by atoms with Crippen LogP contribution < -0.4 is 5.32 Å². The molecule has 1 amide bonds. The first-order valence-electron chi connectivity index (χ1n) is 7.26. The summed E-state index contributed by atoms with van der Waals surface area (Å²) >= 11 is 0. The van der Waals surface area contributed by atoms with Gasteiger partial charge in [-0.3, -0.25) is 4.79 Å². The largest absolute Gasteiger partial charge is 0.342 e. The van der Waals surface area contributed by atoms with Gasteiger partial charge in [-0.25, -0.2) is 0 Å². The van der Waals surface area contributed by atoms with Gasteiger partial charge in [-0.2, -0.15) is 0 Å². The molecule has 2 atom stereocenters. The lowest BCUT2D eigenvalue weighted by Crippen LogP contribution is -2.31. The summed E-state index contributed by atoms with van der Waals surface area (Å²) in [5, 5.41) is 3.41. The molecule has 19 heavy (non-hydrogen) atoms. The van der Waals surface area contributed by atoms with E-state index in [0.29, 0.717) is 24.2 Å². The summed E-state index contributed by atoms with van der Waals surface area (Å²) in [5.41, 5.74) is 2.54. The van der Waals surface area contributed by atoms with E-state index in [9.17, 15) is 4.79 Å². The highest BCUT2D eigenvalue weighted by Gasteiger charge is 2.37. The number of carbonyl (C=O) groups excluding carboxylic acids is 1. The fourth-order valence-electron chi connectivity index (χ4n) is 3.22. The SMILES string of the molecule is Cc1ccc(CCC(=O)N2CC3CNCC3C2)cc1. The first-order chi connectivity index (χ1) is 9.22. The summed E-state index contributed by atoms with van der Waals surface area (Å²) in [4.78, 5) is 14.3. The maximum Gasteiger partial charge on any atom is 0.222 e. The minimum Gasteiger partial charge on any atom is -0.342 e. The highest BCUT2D eigenvalue weighted by atomic mass is 16.2. The predicted octanol–water partition coefficient (Wildman–Crippen LogP) is 1.61. The van der Waals surface area contributed by atoms with Gasteiger partial charge in [-0.15, -0.1) is 0 Å². The first kappa shape index (κ1) is 12.7. The van der Waals surface area contributed by atoms with E-state index in [2.05, 4.69) is 41.4 Å². The van der Waals surface area contributed by atoms with Gasteiger partial charge < -0.3 is 10.2 Å². The molecule has 3 heteroatoms. The molecule has 0 saturated carbocycles. The van der Waals surface area contributed by atoms with Crippen molar-refractivity contribution in [2.75, 3.05) is 26.2 Å². The van der Waals surface area contributed by atoms with Gasteiger partial charge in [0.25, 0.3) is 0 Å². The summed E-state index contributed by atoms with van der Waals surface area (Å²) in [6, 6.07) is 8.49. The molecule has 0 radical (unpaired) electrons. The number of amides is 1. The van der Waals surface area contributed by atoms with Crippen LogP contribution in [0.3, 0.4) is 0 Å². The summed E-state index contributed by atoms with van der Waals surface area (Å²) in [7, 11) is 0. The van der Waals surface area contributed by atoms with E-state index in [0.717, 1.165) is 32.6 Å². The van der Waals surface area contributed by atoms with Crippen molar-refractivity contribution in [1.82, 2.24) is 10.2 Å². The lowest BCUT2D eigenvalue weighted by atomic mass is 10.0. The van der Waals surface area contributed by atoms with Crippen LogP contribution in [0.1, 0.15) is 17.5 Å². The van der Waals surface area contributed by atoms with E-state index < -0.39 is 0 Å². The van der Waals surface area contributed by atoms with Crippen molar-refractivity contribution in [2.24, 2.45) is 11.8 Å². The minimum atomic E-state index is 0.329. The zero-order valence-electron chi connectivity index (χ0n) is 11.6. The molecule has 1 N–H and O–H groups in total. The highest BCUT2D eigenvalue weighted by Crippen LogP contribution is 2.26. The first-order valence-corrected chi connectivity index (χ1v) is 7.26. The van der Waals surface area contributed by atoms with Gasteiger partial charge in [0, 0.05) is 32.6 Å². The second-order valence-corrected chi connectivity index (χ2v) is 5.96. The van der Waals surface area contributed by atoms with Crippen LogP contribution in [0.5, 0.6) is 0 Å². The maximum absolute atomic E-state index is 12.2. The van der Waals surface area contributed by atoms with Gasteiger partial charge in [-0.1, -0.05) is 29.8 Å². The number of hydrogen-bond donors (Lipinski definition) is 1. The van der Waals surface area contributed by atoms with Crippen molar-refractivity contribution in [3.8, 4) is 0 Å². The summed E-state index contributed by atoms with van der Waals surface area (Å²) in [6.07, 6.45) is 1.51. The molecule has 2 saturated heterocycles. The molecule has 1 aromatic rings. The van der Waals surface area contributed by atoms with E-state index >= 15 is 0 Å². The third-order valence-corrected chi connectivity index (χ3v) is 4.49. The molecule has 0 spiro atoms. The number of nitrogens with one attached hydrogen (secondary N) is 1. The molecule has 2 heterocycles. The molecule has 1 aromatic carbocycles. The van der Waals surface area contributed by atoms with Crippen LogP contribution >= 0.6 is 0 Å². The Morgan fingerprint density at radius 2 is 1.84 bits per heavy atom. The normalized spacial score (nSPS) is 25.6. The standard InChI is InChI=1S/C16H22N2O/c1-12-2-4-13(5-3-12)6-7-16(19)18-10-14-8-17-9-15(14)11-18/h2-5,14-15,17H,6-11H2,1H3. The molecule has 2 aliphatic heterocycles. The van der Waals surface area contributed by atoms with Crippen LogP contribution in [-0.2, 0) is 11.2 Å². The lowest BCUT2D eigenvalue weighted by molar-refractivity contribution is -0.130. The van der Waals surface area contributed by atoms with Crippen molar-refractivity contribution < 1.29 is 4.79 Å². The topological polar surface area (TPSA) is 32.3 Å². The maximum atomic E-state index is 12.2. The molecule has 102 valence electrons. The highest BCUT2D eigenvalue weighted by molar-refractivity contribution is 5.76. The van der Waals surface area contributed by atoms with Crippen molar-refractivity contribution >= 4 is 5.91 Å². The molecule has 2 fully saturated rings. The van der Waals surface area contributed by atoms with Crippen LogP contribution in [0, 0.1) is 18.8 Å². The average Bonchev–Trinajstić information content (AvgIpc) is 2.98. The Morgan fingerprint density at radius 3 is 2.47 bits per heavy atom. The number of nitrogens with zero attached hydrogens (tertiary/aromatic N) is 1. The Bertz CT molecular complexity index is 442. The third-order valence-electron chi connectivity index (χ3n) is 4.49. The number of aryl methyl sites for hydroxylation is 2. The lowest BCUT2D eigenvalue weighted by Gasteiger charge is -2.17.